The number of H-pyrrole nitrogens is 1. The van der Waals surface area contributed by atoms with Gasteiger partial charge < -0.3 is 14.1 Å². The Kier molecular flexibility index (Phi) is 11.5. The van der Waals surface area contributed by atoms with E-state index in [4.69, 9.17) is 25.9 Å². The molecule has 1 saturated carbocycles. The van der Waals surface area contributed by atoms with Crippen LogP contribution in [-0.4, -0.2) is 62.4 Å². The molecular weight excluding hydrogens is 834 g/mol. The Morgan fingerprint density at radius 2 is 1.47 bits per heavy atom. The number of halogens is 3. The summed E-state index contributed by atoms with van der Waals surface area (Å²) in [6, 6.07) is 16.7. The molecule has 7 rings (SSSR count). The monoisotopic (exact) mass is 880 g/mol. The number of ether oxygens (including phenoxy) is 1. The normalized spacial score (nSPS) is 17.6. The van der Waals surface area contributed by atoms with E-state index in [9.17, 15) is 16.8 Å². The Bertz CT molecular complexity index is 2630. The molecule has 1 atom stereocenters. The Balaban J connectivity index is 1.37. The number of hydrogen-bond donors (Lipinski definition) is 1. The summed E-state index contributed by atoms with van der Waals surface area (Å²) >= 11 is 6.65. The highest BCUT2D eigenvalue weighted by molar-refractivity contribution is 8.10. The molecule has 3 aromatic heterocycles. The van der Waals surface area contributed by atoms with Crippen LogP contribution in [0.25, 0.3) is 22.2 Å². The van der Waals surface area contributed by atoms with Crippen molar-refractivity contribution < 1.29 is 34.8 Å². The first kappa shape index (κ1) is 42.7. The van der Waals surface area contributed by atoms with Gasteiger partial charge in [0.15, 0.2) is 8.32 Å². The maximum absolute atomic E-state index is 19.1. The van der Waals surface area contributed by atoms with Crippen LogP contribution < -0.4 is 4.74 Å². The zero-order valence-electron chi connectivity index (χ0n) is 33.6. The molecule has 0 amide bonds. The molecule has 1 aliphatic carbocycles. The van der Waals surface area contributed by atoms with Gasteiger partial charge in [0.1, 0.15) is 17.2 Å². The zero-order valence-corrected chi connectivity index (χ0v) is 37.0. The standard InChI is InChI=1S/C43H47ClF2N4O6S2Si/c1-42(2,3)59(5,6)56-31-19-17-30(18-20-31)50-27-29(25-49-50)28-23-34-35(26-48-41(34)47-24-28)39(38-37(55-4)22-21-36(45)40(38)44)43(46,57(51,52)32-13-9-7-10-14-32)58(53,54)33-15-11-8-12-16-33/h7-16,21-27,30-31,39H,17-20H2,1-6H3,(H,47,48)/t30-,31-,39?. The van der Waals surface area contributed by atoms with Gasteiger partial charge in [-0.05, 0) is 91.8 Å². The summed E-state index contributed by atoms with van der Waals surface area (Å²) in [5, 5.41) is 4.26. The summed E-state index contributed by atoms with van der Waals surface area (Å²) < 4.78 is 104. The minimum atomic E-state index is -5.54. The first-order valence-electron chi connectivity index (χ1n) is 19.3. The molecule has 1 N–H and O–H groups in total. The summed E-state index contributed by atoms with van der Waals surface area (Å²) in [6.07, 6.45) is 10.2. The van der Waals surface area contributed by atoms with Crippen LogP contribution in [0.15, 0.2) is 113 Å². The molecule has 6 aromatic rings. The molecule has 312 valence electrons. The summed E-state index contributed by atoms with van der Waals surface area (Å²) in [4.78, 5) is 6.29. The molecule has 59 heavy (non-hydrogen) atoms. The predicted molar refractivity (Wildman–Crippen MR) is 228 cm³/mol. The number of rotatable bonds is 12. The molecule has 0 bridgehead atoms. The van der Waals surface area contributed by atoms with Crippen molar-refractivity contribution in [3.8, 4) is 16.9 Å². The third-order valence-corrected chi connectivity index (χ3v) is 21.8. The largest absolute Gasteiger partial charge is 0.496 e. The first-order chi connectivity index (χ1) is 27.8. The van der Waals surface area contributed by atoms with Crippen molar-refractivity contribution in [1.29, 1.82) is 0 Å². The van der Waals surface area contributed by atoms with Gasteiger partial charge in [0.05, 0.1) is 40.1 Å². The maximum Gasteiger partial charge on any atom is 0.328 e. The lowest BCUT2D eigenvalue weighted by molar-refractivity contribution is 0.115. The van der Waals surface area contributed by atoms with E-state index < -0.39 is 64.4 Å². The number of pyridine rings is 1. The van der Waals surface area contributed by atoms with Crippen LogP contribution in [0.1, 0.15) is 69.5 Å². The van der Waals surface area contributed by atoms with Gasteiger partial charge in [0.25, 0.3) is 0 Å². The van der Waals surface area contributed by atoms with Crippen LogP contribution in [0.3, 0.4) is 0 Å². The summed E-state index contributed by atoms with van der Waals surface area (Å²) in [5.74, 6) is -3.62. The van der Waals surface area contributed by atoms with Crippen LogP contribution in [0.2, 0.25) is 23.2 Å². The van der Waals surface area contributed by atoms with Crippen molar-refractivity contribution in [1.82, 2.24) is 19.7 Å². The average molecular weight is 882 g/mol. The van der Waals surface area contributed by atoms with Gasteiger partial charge in [-0.2, -0.15) is 5.10 Å². The molecule has 0 radical (unpaired) electrons. The van der Waals surface area contributed by atoms with Crippen LogP contribution in [0, 0.1) is 5.82 Å². The molecule has 0 spiro atoms. The van der Waals surface area contributed by atoms with E-state index in [0.717, 1.165) is 62.1 Å². The molecule has 3 aromatic carbocycles. The van der Waals surface area contributed by atoms with Gasteiger partial charge in [-0.3, -0.25) is 4.68 Å². The van der Waals surface area contributed by atoms with E-state index in [1.54, 1.807) is 18.5 Å². The number of aromatic nitrogens is 4. The highest BCUT2D eigenvalue weighted by Gasteiger charge is 2.65. The third-order valence-electron chi connectivity index (χ3n) is 11.9. The second-order valence-electron chi connectivity index (χ2n) is 16.5. The number of benzene rings is 3. The van der Waals surface area contributed by atoms with Crippen LogP contribution in [0.4, 0.5) is 8.78 Å². The molecule has 1 unspecified atom stereocenters. The van der Waals surface area contributed by atoms with Crippen LogP contribution in [-0.2, 0) is 24.1 Å². The number of methoxy groups -OCH3 is 1. The van der Waals surface area contributed by atoms with E-state index in [1.807, 2.05) is 10.9 Å². The number of nitrogens with zero attached hydrogens (tertiary/aromatic N) is 3. The van der Waals surface area contributed by atoms with Crippen molar-refractivity contribution in [2.45, 2.75) is 96.8 Å². The predicted octanol–water partition coefficient (Wildman–Crippen LogP) is 10.4. The summed E-state index contributed by atoms with van der Waals surface area (Å²) in [5.41, 5.74) is 0.697. The smallest absolute Gasteiger partial charge is 0.328 e. The van der Waals surface area contributed by atoms with Crippen molar-refractivity contribution in [3.63, 3.8) is 0 Å². The van der Waals surface area contributed by atoms with Gasteiger partial charge in [0, 0.05) is 46.8 Å². The van der Waals surface area contributed by atoms with Crippen LogP contribution in [0.5, 0.6) is 5.75 Å². The molecule has 16 heteroatoms. The molecule has 10 nitrogen and oxygen atoms in total. The highest BCUT2D eigenvalue weighted by atomic mass is 35.5. The average Bonchev–Trinajstić information content (AvgIpc) is 3.88. The number of hydrogen-bond acceptors (Lipinski definition) is 8. The minimum absolute atomic E-state index is 0.114. The Labute approximate surface area is 349 Å². The van der Waals surface area contributed by atoms with Gasteiger partial charge in [0.2, 0.25) is 19.7 Å². The fourth-order valence-corrected chi connectivity index (χ4v) is 13.8. The number of aromatic amines is 1. The van der Waals surface area contributed by atoms with E-state index in [1.165, 1.54) is 49.7 Å². The van der Waals surface area contributed by atoms with E-state index >= 15 is 8.78 Å². The topological polar surface area (TPSA) is 133 Å². The second kappa shape index (κ2) is 15.9. The lowest BCUT2D eigenvalue weighted by Crippen LogP contribution is -2.48. The highest BCUT2D eigenvalue weighted by Crippen LogP contribution is 2.55. The van der Waals surface area contributed by atoms with Crippen molar-refractivity contribution in [2.24, 2.45) is 0 Å². The first-order valence-corrected chi connectivity index (χ1v) is 25.6. The number of alkyl halides is 1. The third kappa shape index (κ3) is 7.53. The fourth-order valence-electron chi connectivity index (χ4n) is 7.61. The molecule has 1 aliphatic rings. The second-order valence-corrected chi connectivity index (χ2v) is 26.0. The lowest BCUT2D eigenvalue weighted by Gasteiger charge is -2.41. The van der Waals surface area contributed by atoms with Gasteiger partial charge in [-0.15, -0.1) is 0 Å². The number of nitrogens with one attached hydrogen (secondary N) is 1. The van der Waals surface area contributed by atoms with Gasteiger partial charge in [-0.25, -0.2) is 30.6 Å². The van der Waals surface area contributed by atoms with Gasteiger partial charge in [-0.1, -0.05) is 68.8 Å². The minimum Gasteiger partial charge on any atom is -0.496 e. The SMILES string of the molecule is COc1ccc(F)c(Cl)c1C(c1c[nH]c2ncc(-c3cnn([C@H]4CC[C@H](O[Si](C)(C)C(C)(C)C)CC4)c3)cc12)C(F)(S(=O)(=O)c1ccccc1)S(=O)(=O)c1ccccc1. The Hall–Kier alpha value is -4.41. The number of sulfone groups is 2. The van der Waals surface area contributed by atoms with E-state index in [-0.39, 0.29) is 39.5 Å². The van der Waals surface area contributed by atoms with Crippen LogP contribution >= 0.6 is 11.6 Å². The molecule has 1 fully saturated rings. The Morgan fingerprint density at radius 1 is 0.881 bits per heavy atom. The molecular formula is C43H47ClF2N4O6S2Si. The maximum atomic E-state index is 19.1. The molecule has 0 saturated heterocycles. The Morgan fingerprint density at radius 3 is 2.03 bits per heavy atom. The van der Waals surface area contributed by atoms with Gasteiger partial charge >= 0.3 is 4.33 Å². The van der Waals surface area contributed by atoms with E-state index in [0.29, 0.717) is 11.1 Å². The van der Waals surface area contributed by atoms with Crippen molar-refractivity contribution in [3.05, 3.63) is 126 Å². The molecule has 0 aliphatic heterocycles. The van der Waals surface area contributed by atoms with Crippen molar-refractivity contribution in [2.75, 3.05) is 7.11 Å². The summed E-state index contributed by atoms with van der Waals surface area (Å²) in [7, 11) is -11.8. The lowest BCUT2D eigenvalue weighted by atomic mass is 9.90. The summed E-state index contributed by atoms with van der Waals surface area (Å²) in [6.45, 7) is 11.2. The zero-order chi connectivity index (χ0) is 42.5. The van der Waals surface area contributed by atoms with Crippen molar-refractivity contribution >= 4 is 50.6 Å². The molecule has 3 heterocycles. The number of fused-ring (bicyclic) bond motifs is 1. The quantitative estimate of drug-likeness (QED) is 0.120. The van der Waals surface area contributed by atoms with E-state index in [2.05, 4.69) is 43.8 Å². The fraction of sp³-hybridized carbons (Fsp3) is 0.349.